The number of amides is 2. The van der Waals surface area contributed by atoms with Crippen LogP contribution in [0, 0.1) is 0 Å². The number of urea groups is 1. The third kappa shape index (κ3) is 5.07. The van der Waals surface area contributed by atoms with E-state index in [1.165, 1.54) is 0 Å². The maximum Gasteiger partial charge on any atom is 0.319 e. The van der Waals surface area contributed by atoms with Crippen molar-refractivity contribution in [1.29, 1.82) is 0 Å². The number of carboxylic acid groups (broad SMARTS) is 1. The highest BCUT2D eigenvalue weighted by molar-refractivity contribution is 5.89. The molecule has 21 heavy (non-hydrogen) atoms. The molecule has 0 aromatic heterocycles. The minimum atomic E-state index is -0.873. The molecule has 1 saturated heterocycles. The second kappa shape index (κ2) is 7.08. The molecular formula is C15H20N2O4. The first-order chi connectivity index (χ1) is 10.0. The van der Waals surface area contributed by atoms with Crippen LogP contribution in [0.25, 0.3) is 0 Å². The summed E-state index contributed by atoms with van der Waals surface area (Å²) in [6, 6.07) is 6.66. The van der Waals surface area contributed by atoms with Gasteiger partial charge in [0.05, 0.1) is 12.5 Å². The van der Waals surface area contributed by atoms with Crippen molar-refractivity contribution in [1.82, 2.24) is 5.32 Å². The van der Waals surface area contributed by atoms with Gasteiger partial charge in [0.2, 0.25) is 0 Å². The maximum atomic E-state index is 11.9. The van der Waals surface area contributed by atoms with Gasteiger partial charge in [-0.3, -0.25) is 4.79 Å². The molecule has 2 unspecified atom stereocenters. The molecule has 2 atom stereocenters. The van der Waals surface area contributed by atoms with E-state index >= 15 is 0 Å². The first-order valence-electron chi connectivity index (χ1n) is 7.03. The Kier molecular flexibility index (Phi) is 5.16. The molecule has 6 nitrogen and oxygen atoms in total. The summed E-state index contributed by atoms with van der Waals surface area (Å²) in [7, 11) is 0. The molecule has 1 aliphatic heterocycles. The van der Waals surface area contributed by atoms with Gasteiger partial charge < -0.3 is 20.5 Å². The lowest BCUT2D eigenvalue weighted by Gasteiger charge is -2.27. The molecule has 0 aliphatic carbocycles. The zero-order chi connectivity index (χ0) is 15.2. The van der Waals surface area contributed by atoms with E-state index in [1.54, 1.807) is 24.3 Å². The molecule has 1 aromatic rings. The van der Waals surface area contributed by atoms with E-state index in [1.807, 2.05) is 6.92 Å². The van der Waals surface area contributed by atoms with Crippen LogP contribution < -0.4 is 10.6 Å². The van der Waals surface area contributed by atoms with Crippen molar-refractivity contribution in [2.45, 2.75) is 38.3 Å². The lowest BCUT2D eigenvalue weighted by molar-refractivity contribution is -0.136. The number of hydrogen-bond donors (Lipinski definition) is 3. The maximum absolute atomic E-state index is 11.9. The monoisotopic (exact) mass is 292 g/mol. The second-order valence-electron chi connectivity index (χ2n) is 5.27. The lowest BCUT2D eigenvalue weighted by atomic mass is 10.0. The van der Waals surface area contributed by atoms with Gasteiger partial charge in [0.15, 0.2) is 0 Å². The number of carboxylic acids is 1. The minimum Gasteiger partial charge on any atom is -0.481 e. The molecule has 6 heteroatoms. The van der Waals surface area contributed by atoms with Gasteiger partial charge in [-0.2, -0.15) is 0 Å². The van der Waals surface area contributed by atoms with E-state index in [0.29, 0.717) is 17.9 Å². The molecule has 0 spiro atoms. The van der Waals surface area contributed by atoms with Crippen molar-refractivity contribution in [2.75, 3.05) is 11.9 Å². The average Bonchev–Trinajstić information content (AvgIpc) is 2.40. The average molecular weight is 292 g/mol. The molecule has 2 rings (SSSR count). The summed E-state index contributed by atoms with van der Waals surface area (Å²) in [4.78, 5) is 22.5. The van der Waals surface area contributed by atoms with Crippen molar-refractivity contribution in [2.24, 2.45) is 0 Å². The predicted octanol–water partition coefficient (Wildman–Crippen LogP) is 2.00. The summed E-state index contributed by atoms with van der Waals surface area (Å²) in [5.41, 5.74) is 1.34. The summed E-state index contributed by atoms with van der Waals surface area (Å²) >= 11 is 0. The zero-order valence-electron chi connectivity index (χ0n) is 12.0. The van der Waals surface area contributed by atoms with E-state index < -0.39 is 5.97 Å². The fourth-order valence-electron chi connectivity index (χ4n) is 2.36. The first-order valence-corrected chi connectivity index (χ1v) is 7.03. The third-order valence-corrected chi connectivity index (χ3v) is 3.39. The Morgan fingerprint density at radius 3 is 2.67 bits per heavy atom. The molecule has 1 aromatic carbocycles. The van der Waals surface area contributed by atoms with Crippen LogP contribution in [0.15, 0.2) is 24.3 Å². The Labute approximate surface area is 123 Å². The van der Waals surface area contributed by atoms with E-state index in [9.17, 15) is 9.59 Å². The molecule has 1 heterocycles. The lowest BCUT2D eigenvalue weighted by Crippen LogP contribution is -2.43. The Bertz CT molecular complexity index is 501. The second-order valence-corrected chi connectivity index (χ2v) is 5.27. The van der Waals surface area contributed by atoms with Crippen molar-refractivity contribution in [3.63, 3.8) is 0 Å². The van der Waals surface area contributed by atoms with Crippen LogP contribution in [0.4, 0.5) is 10.5 Å². The highest BCUT2D eigenvalue weighted by Crippen LogP contribution is 2.14. The van der Waals surface area contributed by atoms with Crippen LogP contribution in [-0.4, -0.2) is 35.9 Å². The molecule has 114 valence electrons. The van der Waals surface area contributed by atoms with Crippen molar-refractivity contribution < 1.29 is 19.4 Å². The number of rotatable bonds is 4. The van der Waals surface area contributed by atoms with Gasteiger partial charge in [-0.05, 0) is 37.5 Å². The van der Waals surface area contributed by atoms with Crippen LogP contribution in [0.5, 0.6) is 0 Å². The first kappa shape index (κ1) is 15.3. The number of ether oxygens (including phenoxy) is 1. The van der Waals surface area contributed by atoms with Crippen LogP contribution in [0.2, 0.25) is 0 Å². The van der Waals surface area contributed by atoms with Gasteiger partial charge in [0.1, 0.15) is 0 Å². The van der Waals surface area contributed by atoms with E-state index in [0.717, 1.165) is 12.8 Å². The molecular weight excluding hydrogens is 272 g/mol. The molecule has 0 saturated carbocycles. The Balaban J connectivity index is 1.83. The van der Waals surface area contributed by atoms with Gasteiger partial charge in [0.25, 0.3) is 0 Å². The number of benzene rings is 1. The van der Waals surface area contributed by atoms with E-state index in [-0.39, 0.29) is 24.6 Å². The smallest absolute Gasteiger partial charge is 0.319 e. The summed E-state index contributed by atoms with van der Waals surface area (Å²) in [6.45, 7) is 2.66. The summed E-state index contributed by atoms with van der Waals surface area (Å²) in [5.74, 6) is -0.873. The Hall–Kier alpha value is -2.08. The fraction of sp³-hybridized carbons (Fsp3) is 0.467. The fourth-order valence-corrected chi connectivity index (χ4v) is 2.36. The van der Waals surface area contributed by atoms with E-state index in [2.05, 4.69) is 10.6 Å². The molecule has 0 radical (unpaired) electrons. The van der Waals surface area contributed by atoms with Crippen molar-refractivity contribution >= 4 is 17.7 Å². The number of aliphatic carboxylic acids is 1. The van der Waals surface area contributed by atoms with Crippen LogP contribution in [0.1, 0.15) is 25.3 Å². The van der Waals surface area contributed by atoms with Gasteiger partial charge in [-0.15, -0.1) is 0 Å². The predicted molar refractivity (Wildman–Crippen MR) is 78.4 cm³/mol. The van der Waals surface area contributed by atoms with Crippen molar-refractivity contribution in [3.8, 4) is 0 Å². The number of hydrogen-bond acceptors (Lipinski definition) is 3. The van der Waals surface area contributed by atoms with Crippen molar-refractivity contribution in [3.05, 3.63) is 29.8 Å². The topological polar surface area (TPSA) is 87.7 Å². The van der Waals surface area contributed by atoms with Gasteiger partial charge in [-0.1, -0.05) is 12.1 Å². The summed E-state index contributed by atoms with van der Waals surface area (Å²) in [5, 5.41) is 14.4. The molecule has 1 fully saturated rings. The molecule has 2 amide bonds. The molecule has 1 aliphatic rings. The quantitative estimate of drug-likeness (QED) is 0.792. The van der Waals surface area contributed by atoms with Gasteiger partial charge >= 0.3 is 12.0 Å². The number of carbonyl (C=O) groups excluding carboxylic acids is 1. The highest BCUT2D eigenvalue weighted by Gasteiger charge is 2.20. The minimum absolute atomic E-state index is 0.0214. The van der Waals surface area contributed by atoms with Crippen LogP contribution in [0.3, 0.4) is 0 Å². The van der Waals surface area contributed by atoms with Crippen LogP contribution in [-0.2, 0) is 16.0 Å². The molecule has 3 N–H and O–H groups in total. The van der Waals surface area contributed by atoms with Gasteiger partial charge in [0, 0.05) is 18.3 Å². The van der Waals surface area contributed by atoms with Crippen LogP contribution >= 0.6 is 0 Å². The van der Waals surface area contributed by atoms with Gasteiger partial charge in [-0.25, -0.2) is 4.79 Å². The number of nitrogens with one attached hydrogen (secondary N) is 2. The number of anilines is 1. The normalized spacial score (nSPS) is 21.6. The largest absolute Gasteiger partial charge is 0.481 e. The highest BCUT2D eigenvalue weighted by atomic mass is 16.5. The number of carbonyl (C=O) groups is 2. The Morgan fingerprint density at radius 2 is 2.05 bits per heavy atom. The summed E-state index contributed by atoms with van der Waals surface area (Å²) < 4.78 is 5.43. The Morgan fingerprint density at radius 1 is 1.33 bits per heavy atom. The summed E-state index contributed by atoms with van der Waals surface area (Å²) in [6.07, 6.45) is 1.77. The standard InChI is InChI=1S/C15H20N2O4/c1-10-8-13(6-7-21-10)17-15(20)16-12-4-2-11(3-5-12)9-14(18)19/h2-5,10,13H,6-9H2,1H3,(H,18,19)(H2,16,17,20). The molecule has 0 bridgehead atoms. The third-order valence-electron chi connectivity index (χ3n) is 3.39. The van der Waals surface area contributed by atoms with E-state index in [4.69, 9.17) is 9.84 Å². The SMILES string of the molecule is CC1CC(NC(=O)Nc2ccc(CC(=O)O)cc2)CCO1. The zero-order valence-corrected chi connectivity index (χ0v) is 12.0.